The predicted molar refractivity (Wildman–Crippen MR) is 84.7 cm³/mol. The van der Waals surface area contributed by atoms with E-state index in [1.807, 2.05) is 0 Å². The van der Waals surface area contributed by atoms with Crippen LogP contribution in [0.1, 0.15) is 33.6 Å². The number of nitrogens with two attached hydrogens (primary N) is 1. The molecular weight excluding hydrogens is 290 g/mol. The van der Waals surface area contributed by atoms with Gasteiger partial charge in [-0.15, -0.1) is 12.4 Å². The molecule has 1 unspecified atom stereocenters. The quantitative estimate of drug-likeness (QED) is 0.860. The molecule has 0 heterocycles. The zero-order valence-corrected chi connectivity index (χ0v) is 13.2. The summed E-state index contributed by atoms with van der Waals surface area (Å²) in [7, 11) is 3.37. The van der Waals surface area contributed by atoms with E-state index in [2.05, 4.69) is 5.32 Å². The maximum Gasteiger partial charge on any atom is 0.253 e. The maximum atomic E-state index is 12.2. The van der Waals surface area contributed by atoms with Crippen molar-refractivity contribution >= 4 is 24.2 Å². The van der Waals surface area contributed by atoms with Crippen molar-refractivity contribution in [3.05, 3.63) is 35.4 Å². The van der Waals surface area contributed by atoms with Crippen LogP contribution in [0.25, 0.3) is 0 Å². The molecule has 0 radical (unpaired) electrons. The summed E-state index contributed by atoms with van der Waals surface area (Å²) in [4.78, 5) is 25.6. The van der Waals surface area contributed by atoms with Crippen molar-refractivity contribution in [1.29, 1.82) is 0 Å². The van der Waals surface area contributed by atoms with Gasteiger partial charge in [0, 0.05) is 37.8 Å². The number of nitrogens with one attached hydrogen (secondary N) is 1. The fraction of sp³-hybridized carbons (Fsp3) is 0.467. The summed E-state index contributed by atoms with van der Waals surface area (Å²) < 4.78 is 0. The van der Waals surface area contributed by atoms with Crippen LogP contribution in [-0.2, 0) is 0 Å². The lowest BCUT2D eigenvalue weighted by molar-refractivity contribution is 0.0827. The first-order chi connectivity index (χ1) is 9.52. The molecule has 0 aromatic heterocycles. The Hall–Kier alpha value is -1.59. The average Bonchev–Trinajstić information content (AvgIpc) is 3.28. The lowest BCUT2D eigenvalue weighted by Gasteiger charge is -2.16. The predicted octanol–water partition coefficient (Wildman–Crippen LogP) is 1.28. The van der Waals surface area contributed by atoms with Gasteiger partial charge in [-0.1, -0.05) is 6.07 Å². The second-order valence-corrected chi connectivity index (χ2v) is 5.43. The molecule has 1 aromatic rings. The van der Waals surface area contributed by atoms with Gasteiger partial charge in [0.2, 0.25) is 0 Å². The number of benzene rings is 1. The molecule has 116 valence electrons. The summed E-state index contributed by atoms with van der Waals surface area (Å²) in [6, 6.07) is 6.80. The average molecular weight is 312 g/mol. The van der Waals surface area contributed by atoms with E-state index in [0.717, 1.165) is 12.8 Å². The lowest BCUT2D eigenvalue weighted by Crippen LogP contribution is -2.41. The summed E-state index contributed by atoms with van der Waals surface area (Å²) in [6.07, 6.45) is 2.25. The van der Waals surface area contributed by atoms with E-state index in [-0.39, 0.29) is 30.3 Å². The Morgan fingerprint density at radius 1 is 1.33 bits per heavy atom. The monoisotopic (exact) mass is 311 g/mol. The number of hydrogen-bond donors (Lipinski definition) is 2. The topological polar surface area (TPSA) is 75.4 Å². The number of carbonyl (C=O) groups excluding carboxylic acids is 2. The first-order valence-corrected chi connectivity index (χ1v) is 6.85. The Labute approximate surface area is 131 Å². The normalized spacial score (nSPS) is 14.8. The van der Waals surface area contributed by atoms with Crippen LogP contribution in [0.5, 0.6) is 0 Å². The second kappa shape index (κ2) is 7.43. The number of rotatable bonds is 5. The van der Waals surface area contributed by atoms with E-state index < -0.39 is 0 Å². The van der Waals surface area contributed by atoms with E-state index in [4.69, 9.17) is 5.73 Å². The van der Waals surface area contributed by atoms with Crippen LogP contribution >= 0.6 is 12.4 Å². The summed E-state index contributed by atoms with van der Waals surface area (Å²) >= 11 is 0. The number of nitrogens with zero attached hydrogens (tertiary/aromatic N) is 1. The van der Waals surface area contributed by atoms with Crippen LogP contribution in [0.2, 0.25) is 0 Å². The zero-order chi connectivity index (χ0) is 14.7. The molecule has 0 bridgehead atoms. The molecule has 0 saturated heterocycles. The highest BCUT2D eigenvalue weighted by Crippen LogP contribution is 2.32. The minimum absolute atomic E-state index is 0. The molecule has 1 saturated carbocycles. The smallest absolute Gasteiger partial charge is 0.253 e. The Bertz CT molecular complexity index is 515. The fourth-order valence-corrected chi connectivity index (χ4v) is 2.17. The first-order valence-electron chi connectivity index (χ1n) is 6.85. The van der Waals surface area contributed by atoms with E-state index in [1.54, 1.807) is 38.4 Å². The maximum absolute atomic E-state index is 12.2. The van der Waals surface area contributed by atoms with Crippen LogP contribution in [-0.4, -0.2) is 43.4 Å². The molecular formula is C15H22ClN3O2. The highest BCUT2D eigenvalue weighted by atomic mass is 35.5. The molecule has 0 spiro atoms. The van der Waals surface area contributed by atoms with Gasteiger partial charge < -0.3 is 16.0 Å². The molecule has 2 rings (SSSR count). The van der Waals surface area contributed by atoms with Crippen molar-refractivity contribution in [2.24, 2.45) is 11.7 Å². The van der Waals surface area contributed by atoms with Gasteiger partial charge in [-0.25, -0.2) is 0 Å². The Kier molecular flexibility index (Phi) is 6.18. The molecule has 6 heteroatoms. The van der Waals surface area contributed by atoms with E-state index >= 15 is 0 Å². The number of halogens is 1. The van der Waals surface area contributed by atoms with Gasteiger partial charge >= 0.3 is 0 Å². The molecule has 21 heavy (non-hydrogen) atoms. The van der Waals surface area contributed by atoms with Gasteiger partial charge in [-0.05, 0) is 37.0 Å². The van der Waals surface area contributed by atoms with Crippen molar-refractivity contribution < 1.29 is 9.59 Å². The Balaban J connectivity index is 0.00000220. The van der Waals surface area contributed by atoms with E-state index in [0.29, 0.717) is 23.6 Å². The van der Waals surface area contributed by atoms with Crippen LogP contribution < -0.4 is 11.1 Å². The molecule has 0 aliphatic heterocycles. The molecule has 3 N–H and O–H groups in total. The van der Waals surface area contributed by atoms with Crippen LogP contribution in [0, 0.1) is 5.92 Å². The summed E-state index contributed by atoms with van der Waals surface area (Å²) in [5.74, 6) is 0.230. The highest BCUT2D eigenvalue weighted by Gasteiger charge is 2.31. The van der Waals surface area contributed by atoms with Crippen molar-refractivity contribution in [1.82, 2.24) is 10.2 Å². The van der Waals surface area contributed by atoms with Crippen molar-refractivity contribution in [3.63, 3.8) is 0 Å². The third kappa shape index (κ3) is 4.44. The van der Waals surface area contributed by atoms with Crippen molar-refractivity contribution in [2.75, 3.05) is 20.6 Å². The molecule has 1 atom stereocenters. The summed E-state index contributed by atoms with van der Waals surface area (Å²) in [5.41, 5.74) is 6.69. The number of hydrogen-bond acceptors (Lipinski definition) is 3. The minimum Gasteiger partial charge on any atom is -0.348 e. The SMILES string of the molecule is CN(C)C(=O)c1cccc(C(=O)NC(CN)C2CC2)c1.Cl. The molecule has 1 fully saturated rings. The van der Waals surface area contributed by atoms with Crippen molar-refractivity contribution in [3.8, 4) is 0 Å². The van der Waals surface area contributed by atoms with Crippen LogP contribution in [0.4, 0.5) is 0 Å². The number of carbonyl (C=O) groups is 2. The Morgan fingerprint density at radius 2 is 1.95 bits per heavy atom. The fourth-order valence-electron chi connectivity index (χ4n) is 2.17. The number of amides is 2. The third-order valence-electron chi connectivity index (χ3n) is 3.54. The molecule has 1 aromatic carbocycles. The highest BCUT2D eigenvalue weighted by molar-refractivity contribution is 5.99. The Morgan fingerprint density at radius 3 is 2.48 bits per heavy atom. The van der Waals surface area contributed by atoms with E-state index in [1.165, 1.54) is 4.90 Å². The second-order valence-electron chi connectivity index (χ2n) is 5.43. The summed E-state index contributed by atoms with van der Waals surface area (Å²) in [6.45, 7) is 0.451. The molecule has 1 aliphatic rings. The van der Waals surface area contributed by atoms with Gasteiger partial charge in [0.05, 0.1) is 0 Å². The zero-order valence-electron chi connectivity index (χ0n) is 12.3. The van der Waals surface area contributed by atoms with Crippen molar-refractivity contribution in [2.45, 2.75) is 18.9 Å². The molecule has 2 amide bonds. The van der Waals surface area contributed by atoms with Gasteiger partial charge in [-0.2, -0.15) is 0 Å². The third-order valence-corrected chi connectivity index (χ3v) is 3.54. The molecule has 1 aliphatic carbocycles. The standard InChI is InChI=1S/C15H21N3O2.ClH/c1-18(2)15(20)12-5-3-4-11(8-12)14(19)17-13(9-16)10-6-7-10;/h3-5,8,10,13H,6-7,9,16H2,1-2H3,(H,17,19);1H. The van der Waals surface area contributed by atoms with Gasteiger partial charge in [0.15, 0.2) is 0 Å². The van der Waals surface area contributed by atoms with Crippen LogP contribution in [0.3, 0.4) is 0 Å². The first kappa shape index (κ1) is 17.5. The summed E-state index contributed by atoms with van der Waals surface area (Å²) in [5, 5.41) is 2.95. The minimum atomic E-state index is -0.166. The molecule has 5 nitrogen and oxygen atoms in total. The van der Waals surface area contributed by atoms with Gasteiger partial charge in [-0.3, -0.25) is 9.59 Å². The van der Waals surface area contributed by atoms with Gasteiger partial charge in [0.1, 0.15) is 0 Å². The lowest BCUT2D eigenvalue weighted by atomic mass is 10.1. The largest absolute Gasteiger partial charge is 0.348 e. The van der Waals surface area contributed by atoms with E-state index in [9.17, 15) is 9.59 Å². The van der Waals surface area contributed by atoms with Crippen LogP contribution in [0.15, 0.2) is 24.3 Å². The van der Waals surface area contributed by atoms with Gasteiger partial charge in [0.25, 0.3) is 11.8 Å².